The van der Waals surface area contributed by atoms with Crippen LogP contribution in [0.25, 0.3) is 55.3 Å². The Balaban J connectivity index is 1.10. The molecule has 49 heavy (non-hydrogen) atoms. The summed E-state index contributed by atoms with van der Waals surface area (Å²) in [6.45, 7) is 0.734. The van der Waals surface area contributed by atoms with E-state index in [-0.39, 0.29) is 5.92 Å². The molecule has 0 radical (unpaired) electrons. The van der Waals surface area contributed by atoms with E-state index < -0.39 is 0 Å². The smallest absolute Gasteiger partial charge is 0.216 e. The Hall–Kier alpha value is -6.39. The van der Waals surface area contributed by atoms with Crippen LogP contribution in [-0.2, 0) is 6.54 Å². The van der Waals surface area contributed by atoms with E-state index >= 15 is 0 Å². The Bertz CT molecular complexity index is 2720. The number of benzene rings is 7. The first kappa shape index (κ1) is 26.7. The molecule has 7 aromatic carbocycles. The van der Waals surface area contributed by atoms with Crippen LogP contribution in [-0.4, -0.2) is 14.1 Å². The van der Waals surface area contributed by atoms with Gasteiger partial charge in [-0.05, 0) is 94.0 Å². The Labute approximate surface area is 283 Å². The molecule has 9 aromatic rings. The van der Waals surface area contributed by atoms with Gasteiger partial charge in [0.2, 0.25) is 5.95 Å². The molecular formula is C45H30N4. The lowest BCUT2D eigenvalue weighted by molar-refractivity contribution is 0.843. The van der Waals surface area contributed by atoms with Crippen molar-refractivity contribution in [3.05, 3.63) is 186 Å². The molecule has 4 nitrogen and oxygen atoms in total. The molecule has 4 heteroatoms. The van der Waals surface area contributed by atoms with E-state index in [0.717, 1.165) is 34.9 Å². The van der Waals surface area contributed by atoms with Crippen LogP contribution >= 0.6 is 0 Å². The molecule has 11 rings (SSSR count). The average Bonchev–Trinajstić information content (AvgIpc) is 3.83. The summed E-state index contributed by atoms with van der Waals surface area (Å²) in [6.07, 6.45) is 0. The zero-order valence-corrected chi connectivity index (χ0v) is 26.7. The Morgan fingerprint density at radius 2 is 1.16 bits per heavy atom. The molecule has 2 aliphatic rings. The van der Waals surface area contributed by atoms with Crippen molar-refractivity contribution in [2.75, 3.05) is 4.90 Å². The first-order chi connectivity index (χ1) is 24.3. The van der Waals surface area contributed by atoms with Gasteiger partial charge in [-0.3, -0.25) is 4.57 Å². The largest absolute Gasteiger partial charge is 0.309 e. The van der Waals surface area contributed by atoms with Crippen LogP contribution in [0.2, 0.25) is 0 Å². The maximum atomic E-state index is 5.12. The summed E-state index contributed by atoms with van der Waals surface area (Å²) in [5.74, 6) is 1.16. The number of imidazole rings is 1. The molecule has 0 fully saturated rings. The normalized spacial score (nSPS) is 13.5. The molecule has 0 bridgehead atoms. The maximum absolute atomic E-state index is 5.12. The van der Waals surface area contributed by atoms with Crippen LogP contribution in [0.3, 0.4) is 0 Å². The van der Waals surface area contributed by atoms with Crippen molar-refractivity contribution < 1.29 is 0 Å². The summed E-state index contributed by atoms with van der Waals surface area (Å²) >= 11 is 0. The second-order valence-electron chi connectivity index (χ2n) is 13.2. The molecular weight excluding hydrogens is 597 g/mol. The van der Waals surface area contributed by atoms with Gasteiger partial charge in [0.25, 0.3) is 0 Å². The summed E-state index contributed by atoms with van der Waals surface area (Å²) < 4.78 is 4.76. The van der Waals surface area contributed by atoms with Gasteiger partial charge in [-0.2, -0.15) is 0 Å². The molecule has 0 N–H and O–H groups in total. The highest BCUT2D eigenvalue weighted by Gasteiger charge is 2.31. The van der Waals surface area contributed by atoms with E-state index in [4.69, 9.17) is 4.98 Å². The third-order valence-electron chi connectivity index (χ3n) is 10.6. The number of anilines is 2. The lowest BCUT2D eigenvalue weighted by atomic mass is 9.88. The highest BCUT2D eigenvalue weighted by atomic mass is 15.3. The Morgan fingerprint density at radius 1 is 0.490 bits per heavy atom. The van der Waals surface area contributed by atoms with Crippen molar-refractivity contribution in [2.24, 2.45) is 0 Å². The highest BCUT2D eigenvalue weighted by molar-refractivity contribution is 6.09. The van der Waals surface area contributed by atoms with Gasteiger partial charge in [-0.15, -0.1) is 0 Å². The number of nitrogens with zero attached hydrogens (tertiary/aromatic N) is 4. The minimum absolute atomic E-state index is 0.214. The van der Waals surface area contributed by atoms with E-state index in [1.54, 1.807) is 0 Å². The van der Waals surface area contributed by atoms with Gasteiger partial charge in [0.15, 0.2) is 0 Å². The SMILES string of the molecule is c1ccc(N2Cc3cc(-n4c5ccccc5c5cc(C6c7ccccc7-c7ccccc76)ccc54)ccc3-n3c2nc2ccccc23)cc1. The van der Waals surface area contributed by atoms with Crippen molar-refractivity contribution in [3.63, 3.8) is 0 Å². The summed E-state index contributed by atoms with van der Waals surface area (Å²) in [5, 5.41) is 2.55. The molecule has 0 amide bonds. The van der Waals surface area contributed by atoms with Gasteiger partial charge >= 0.3 is 0 Å². The monoisotopic (exact) mass is 626 g/mol. The lowest BCUT2D eigenvalue weighted by Gasteiger charge is -2.31. The van der Waals surface area contributed by atoms with E-state index in [0.29, 0.717) is 0 Å². The molecule has 1 aliphatic heterocycles. The van der Waals surface area contributed by atoms with Crippen molar-refractivity contribution in [1.82, 2.24) is 14.1 Å². The van der Waals surface area contributed by atoms with E-state index in [2.05, 4.69) is 178 Å². The predicted molar refractivity (Wildman–Crippen MR) is 201 cm³/mol. The topological polar surface area (TPSA) is 26.0 Å². The van der Waals surface area contributed by atoms with E-state index in [9.17, 15) is 0 Å². The number of aromatic nitrogens is 3. The van der Waals surface area contributed by atoms with E-state index in [1.807, 2.05) is 0 Å². The van der Waals surface area contributed by atoms with Crippen molar-refractivity contribution in [1.29, 1.82) is 0 Å². The van der Waals surface area contributed by atoms with Crippen molar-refractivity contribution >= 4 is 44.5 Å². The second-order valence-corrected chi connectivity index (χ2v) is 13.2. The fourth-order valence-electron chi connectivity index (χ4n) is 8.51. The average molecular weight is 627 g/mol. The van der Waals surface area contributed by atoms with Gasteiger partial charge in [0.1, 0.15) is 0 Å². The summed E-state index contributed by atoms with van der Waals surface area (Å²) in [7, 11) is 0. The number of fused-ring (bicyclic) bond motifs is 11. The minimum Gasteiger partial charge on any atom is -0.309 e. The summed E-state index contributed by atoms with van der Waals surface area (Å²) in [4.78, 5) is 7.45. The Morgan fingerprint density at radius 3 is 1.98 bits per heavy atom. The maximum Gasteiger partial charge on any atom is 0.216 e. The number of hydrogen-bond donors (Lipinski definition) is 0. The lowest BCUT2D eigenvalue weighted by Crippen LogP contribution is -2.26. The minimum atomic E-state index is 0.214. The van der Waals surface area contributed by atoms with Gasteiger partial charge in [-0.1, -0.05) is 103 Å². The third kappa shape index (κ3) is 3.77. The number of rotatable bonds is 3. The molecule has 1 aliphatic carbocycles. The van der Waals surface area contributed by atoms with Crippen LogP contribution in [0.15, 0.2) is 164 Å². The molecule has 0 spiro atoms. The van der Waals surface area contributed by atoms with Gasteiger partial charge in [0, 0.05) is 28.1 Å². The molecule has 0 saturated heterocycles. The first-order valence-electron chi connectivity index (χ1n) is 17.0. The van der Waals surface area contributed by atoms with Crippen LogP contribution in [0.4, 0.5) is 11.6 Å². The number of para-hydroxylation sites is 4. The van der Waals surface area contributed by atoms with Gasteiger partial charge < -0.3 is 9.47 Å². The number of hydrogen-bond acceptors (Lipinski definition) is 2. The van der Waals surface area contributed by atoms with Crippen molar-refractivity contribution in [2.45, 2.75) is 12.5 Å². The molecule has 0 saturated carbocycles. The predicted octanol–water partition coefficient (Wildman–Crippen LogP) is 10.9. The highest BCUT2D eigenvalue weighted by Crippen LogP contribution is 2.49. The molecule has 230 valence electrons. The van der Waals surface area contributed by atoms with Gasteiger partial charge in [-0.25, -0.2) is 4.98 Å². The van der Waals surface area contributed by atoms with Crippen molar-refractivity contribution in [3.8, 4) is 22.5 Å². The quantitative estimate of drug-likeness (QED) is 0.195. The zero-order valence-electron chi connectivity index (χ0n) is 26.7. The molecule has 2 aromatic heterocycles. The first-order valence-corrected chi connectivity index (χ1v) is 17.0. The van der Waals surface area contributed by atoms with Crippen LogP contribution < -0.4 is 4.90 Å². The Kier molecular flexibility index (Phi) is 5.47. The fraction of sp³-hybridized carbons (Fsp3) is 0.0444. The molecule has 0 atom stereocenters. The molecule has 3 heterocycles. The summed E-state index contributed by atoms with van der Waals surface area (Å²) in [6, 6.07) is 59.8. The zero-order chi connectivity index (χ0) is 32.1. The summed E-state index contributed by atoms with van der Waals surface area (Å²) in [5.41, 5.74) is 16.1. The van der Waals surface area contributed by atoms with Gasteiger partial charge in [0.05, 0.1) is 34.3 Å². The van der Waals surface area contributed by atoms with Crippen LogP contribution in [0.1, 0.15) is 28.2 Å². The van der Waals surface area contributed by atoms with Crippen LogP contribution in [0.5, 0.6) is 0 Å². The standard InChI is InChI=1S/C45H30N4/c1-2-12-31(13-3-1)47-28-30-26-32(23-25-40(30)49-43-21-11-9-19-39(43)46-45(47)49)48-41-20-10-8-16-35(41)38-27-29(22-24-42(38)48)44-36-17-6-4-14-33(36)34-15-5-7-18-37(34)44/h1-27,44H,28H2. The fourth-order valence-corrected chi connectivity index (χ4v) is 8.51. The molecule has 0 unspecified atom stereocenters. The second kappa shape index (κ2) is 10.1. The van der Waals surface area contributed by atoms with E-state index in [1.165, 1.54) is 60.9 Å². The van der Waals surface area contributed by atoms with Crippen LogP contribution in [0, 0.1) is 0 Å². The third-order valence-corrected chi connectivity index (χ3v) is 10.6.